The van der Waals surface area contributed by atoms with E-state index in [0.29, 0.717) is 35.4 Å². The van der Waals surface area contributed by atoms with Crippen molar-refractivity contribution in [1.29, 1.82) is 0 Å². The maximum atomic E-state index is 13.1. The number of benzene rings is 2. The second-order valence-electron chi connectivity index (χ2n) is 8.95. The van der Waals surface area contributed by atoms with E-state index in [9.17, 15) is 13.2 Å². The van der Waals surface area contributed by atoms with Gasteiger partial charge in [0.1, 0.15) is 5.75 Å². The van der Waals surface area contributed by atoms with Gasteiger partial charge in [-0.1, -0.05) is 32.0 Å². The number of sulfonamides is 1. The first-order valence-corrected chi connectivity index (χ1v) is 12.0. The molecule has 0 aliphatic heterocycles. The number of Topliss-reactive ketones (excluding diaryl/α,β-unsaturated/α-hetero) is 1. The van der Waals surface area contributed by atoms with Gasteiger partial charge in [-0.3, -0.25) is 4.79 Å². The van der Waals surface area contributed by atoms with Gasteiger partial charge in [-0.2, -0.15) is 0 Å². The minimum absolute atomic E-state index is 0.107. The highest BCUT2D eigenvalue weighted by Crippen LogP contribution is 2.39. The van der Waals surface area contributed by atoms with E-state index in [0.717, 1.165) is 23.1 Å². The van der Waals surface area contributed by atoms with E-state index in [1.165, 1.54) is 0 Å². The molecule has 6 nitrogen and oxygen atoms in total. The number of carbonyl (C=O) groups is 1. The molecule has 0 bridgehead atoms. The van der Waals surface area contributed by atoms with Gasteiger partial charge in [-0.25, -0.2) is 13.1 Å². The van der Waals surface area contributed by atoms with Crippen LogP contribution in [0.2, 0.25) is 0 Å². The summed E-state index contributed by atoms with van der Waals surface area (Å²) in [6.45, 7) is 8.44. The van der Waals surface area contributed by atoms with Crippen LogP contribution in [0.3, 0.4) is 0 Å². The number of para-hydroxylation sites is 1. The van der Waals surface area contributed by atoms with Gasteiger partial charge >= 0.3 is 0 Å². The van der Waals surface area contributed by atoms with Crippen LogP contribution in [-0.4, -0.2) is 25.8 Å². The van der Waals surface area contributed by atoms with Gasteiger partial charge in [0.25, 0.3) is 0 Å². The van der Waals surface area contributed by atoms with E-state index in [1.54, 1.807) is 13.0 Å². The molecule has 0 saturated carbocycles. The smallest absolute Gasteiger partial charge is 0.241 e. The Morgan fingerprint density at radius 1 is 1.16 bits per heavy atom. The first kappa shape index (κ1) is 21.6. The number of hydrogen-bond acceptors (Lipinski definition) is 4. The number of ether oxygens (including phenoxy) is 1. The lowest BCUT2D eigenvalue weighted by atomic mass is 9.76. The maximum Gasteiger partial charge on any atom is 0.241 e. The van der Waals surface area contributed by atoms with Gasteiger partial charge in [0.2, 0.25) is 10.0 Å². The average molecular weight is 441 g/mol. The quantitative estimate of drug-likeness (QED) is 0.590. The summed E-state index contributed by atoms with van der Waals surface area (Å²) < 4.78 is 34.5. The average Bonchev–Trinajstić information content (AvgIpc) is 3.02. The first-order valence-electron chi connectivity index (χ1n) is 10.5. The van der Waals surface area contributed by atoms with Gasteiger partial charge in [0.05, 0.1) is 11.5 Å². The Labute approximate surface area is 183 Å². The molecule has 1 aliphatic rings. The summed E-state index contributed by atoms with van der Waals surface area (Å²) in [4.78, 5) is 16.3. The fraction of sp³-hybridized carbons (Fsp3) is 0.375. The summed E-state index contributed by atoms with van der Waals surface area (Å²) in [6.07, 6.45) is 1.25. The molecule has 31 heavy (non-hydrogen) atoms. The van der Waals surface area contributed by atoms with Crippen LogP contribution in [0, 0.1) is 12.3 Å². The number of hydrogen-bond donors (Lipinski definition) is 2. The van der Waals surface area contributed by atoms with Gasteiger partial charge in [-0.15, -0.1) is 0 Å². The number of ketones is 1. The minimum Gasteiger partial charge on any atom is -0.494 e. The van der Waals surface area contributed by atoms with Crippen LogP contribution in [0.15, 0.2) is 41.3 Å². The molecule has 3 aromatic rings. The lowest BCUT2D eigenvalue weighted by Crippen LogP contribution is -2.26. The van der Waals surface area contributed by atoms with Gasteiger partial charge in [0, 0.05) is 40.7 Å². The number of aromatic nitrogens is 1. The predicted octanol–water partition coefficient (Wildman–Crippen LogP) is 4.51. The SMILES string of the molecule is CCOc1ccccc1CNS(=O)(=O)c1cc2[nH]c3c(c2cc1C)C(=O)CC(C)(C)C3. The first-order chi connectivity index (χ1) is 14.6. The molecule has 0 unspecified atom stereocenters. The zero-order valence-corrected chi connectivity index (χ0v) is 19.2. The molecule has 164 valence electrons. The number of H-pyrrole nitrogens is 1. The Kier molecular flexibility index (Phi) is 5.43. The van der Waals surface area contributed by atoms with Crippen molar-refractivity contribution in [3.05, 3.63) is 58.8 Å². The fourth-order valence-electron chi connectivity index (χ4n) is 4.39. The highest BCUT2D eigenvalue weighted by molar-refractivity contribution is 7.89. The van der Waals surface area contributed by atoms with Crippen molar-refractivity contribution in [2.45, 2.75) is 52.0 Å². The molecule has 0 amide bonds. The second kappa shape index (κ2) is 7.80. The van der Waals surface area contributed by atoms with Crippen molar-refractivity contribution >= 4 is 26.7 Å². The lowest BCUT2D eigenvalue weighted by molar-refractivity contribution is 0.0913. The van der Waals surface area contributed by atoms with Crippen LogP contribution in [0.5, 0.6) is 5.75 Å². The van der Waals surface area contributed by atoms with Crippen molar-refractivity contribution in [2.75, 3.05) is 6.61 Å². The van der Waals surface area contributed by atoms with E-state index in [2.05, 4.69) is 23.6 Å². The number of rotatable bonds is 6. The molecular formula is C24H28N2O4S. The van der Waals surface area contributed by atoms with Gasteiger partial charge < -0.3 is 9.72 Å². The third-order valence-electron chi connectivity index (χ3n) is 5.76. The summed E-state index contributed by atoms with van der Waals surface area (Å²) in [5.41, 5.74) is 3.55. The van der Waals surface area contributed by atoms with E-state index >= 15 is 0 Å². The number of fused-ring (bicyclic) bond motifs is 3. The van der Waals surface area contributed by atoms with Crippen LogP contribution in [0.1, 0.15) is 54.4 Å². The Hall–Kier alpha value is -2.64. The van der Waals surface area contributed by atoms with Crippen LogP contribution in [0.25, 0.3) is 10.9 Å². The normalized spacial score (nSPS) is 15.8. The Balaban J connectivity index is 1.68. The zero-order chi connectivity index (χ0) is 22.4. The molecular weight excluding hydrogens is 412 g/mol. The molecule has 2 aromatic carbocycles. The Bertz CT molecular complexity index is 1270. The van der Waals surface area contributed by atoms with Gasteiger partial charge in [0.15, 0.2) is 5.78 Å². The van der Waals surface area contributed by atoms with Gasteiger partial charge in [-0.05, 0) is 49.4 Å². The summed E-state index contributed by atoms with van der Waals surface area (Å²) in [5.74, 6) is 0.774. The monoisotopic (exact) mass is 440 g/mol. The Morgan fingerprint density at radius 3 is 2.65 bits per heavy atom. The molecule has 1 aromatic heterocycles. The van der Waals surface area contributed by atoms with Crippen molar-refractivity contribution in [3.8, 4) is 5.75 Å². The van der Waals surface area contributed by atoms with Crippen molar-refractivity contribution in [1.82, 2.24) is 9.71 Å². The molecule has 0 saturated heterocycles. The van der Waals surface area contributed by atoms with E-state index in [1.807, 2.05) is 37.3 Å². The molecule has 0 radical (unpaired) electrons. The number of aryl methyl sites for hydroxylation is 1. The number of carbonyl (C=O) groups excluding carboxylic acids is 1. The molecule has 1 aliphatic carbocycles. The Morgan fingerprint density at radius 2 is 1.90 bits per heavy atom. The molecule has 1 heterocycles. The molecule has 0 atom stereocenters. The molecule has 4 rings (SSSR count). The van der Waals surface area contributed by atoms with Crippen molar-refractivity contribution in [2.24, 2.45) is 5.41 Å². The molecule has 2 N–H and O–H groups in total. The third kappa shape index (κ3) is 4.12. The molecule has 0 fully saturated rings. The van der Waals surface area contributed by atoms with Crippen LogP contribution >= 0.6 is 0 Å². The van der Waals surface area contributed by atoms with Crippen molar-refractivity contribution < 1.29 is 17.9 Å². The molecule has 0 spiro atoms. The van der Waals surface area contributed by atoms with Crippen LogP contribution in [0.4, 0.5) is 0 Å². The summed E-state index contributed by atoms with van der Waals surface area (Å²) in [5, 5.41) is 0.800. The predicted molar refractivity (Wildman–Crippen MR) is 121 cm³/mol. The topological polar surface area (TPSA) is 88.3 Å². The largest absolute Gasteiger partial charge is 0.494 e. The van der Waals surface area contributed by atoms with Crippen molar-refractivity contribution in [3.63, 3.8) is 0 Å². The fourth-order valence-corrected chi connectivity index (χ4v) is 5.64. The number of aromatic amines is 1. The van der Waals surface area contributed by atoms with E-state index in [-0.39, 0.29) is 22.6 Å². The molecule has 7 heteroatoms. The number of nitrogens with one attached hydrogen (secondary N) is 2. The standard InChI is InChI=1S/C24H28N2O4S/c1-5-30-21-9-7-6-8-16(21)14-25-31(28,29)22-11-18-17(10-15(22)2)23-19(26-18)12-24(3,4)13-20(23)27/h6-11,25-26H,5,12-14H2,1-4H3. The maximum absolute atomic E-state index is 13.1. The van der Waals surface area contributed by atoms with E-state index in [4.69, 9.17) is 4.74 Å². The highest BCUT2D eigenvalue weighted by atomic mass is 32.2. The zero-order valence-electron chi connectivity index (χ0n) is 18.3. The summed E-state index contributed by atoms with van der Waals surface area (Å²) in [7, 11) is -3.76. The summed E-state index contributed by atoms with van der Waals surface area (Å²) in [6, 6.07) is 10.8. The highest BCUT2D eigenvalue weighted by Gasteiger charge is 2.34. The lowest BCUT2D eigenvalue weighted by Gasteiger charge is -2.28. The summed E-state index contributed by atoms with van der Waals surface area (Å²) >= 11 is 0. The van der Waals surface area contributed by atoms with Crippen LogP contribution in [-0.2, 0) is 23.0 Å². The van der Waals surface area contributed by atoms with E-state index < -0.39 is 10.0 Å². The minimum atomic E-state index is -3.76. The third-order valence-corrected chi connectivity index (χ3v) is 7.30. The van der Waals surface area contributed by atoms with Crippen LogP contribution < -0.4 is 9.46 Å². The second-order valence-corrected chi connectivity index (χ2v) is 10.7.